The number of guanidine groups is 1. The number of thioether (sulfide) groups is 1. The van der Waals surface area contributed by atoms with Gasteiger partial charge in [0.2, 0.25) is 0 Å². The molecule has 2 aliphatic rings. The maximum atomic E-state index is 5.55. The molecule has 2 aliphatic heterocycles. The SMILES string of the molecule is CN=C(NCC1(SC)CCOCC1)N1CCN(c2ccc(OC)cc2)CC1.I. The van der Waals surface area contributed by atoms with E-state index in [1.165, 1.54) is 5.69 Å². The minimum Gasteiger partial charge on any atom is -0.497 e. The molecule has 3 rings (SSSR count). The minimum absolute atomic E-state index is 0. The van der Waals surface area contributed by atoms with Crippen molar-refractivity contribution in [3.63, 3.8) is 0 Å². The van der Waals surface area contributed by atoms with Gasteiger partial charge in [0.1, 0.15) is 5.75 Å². The van der Waals surface area contributed by atoms with Crippen LogP contribution in [0.4, 0.5) is 5.69 Å². The smallest absolute Gasteiger partial charge is 0.193 e. The lowest BCUT2D eigenvalue weighted by Gasteiger charge is -2.40. The molecule has 0 radical (unpaired) electrons. The molecule has 1 aromatic rings. The van der Waals surface area contributed by atoms with Crippen molar-refractivity contribution in [3.8, 4) is 5.75 Å². The van der Waals surface area contributed by atoms with E-state index < -0.39 is 0 Å². The number of nitrogens with zero attached hydrogens (tertiary/aromatic N) is 3. The first kappa shape index (κ1) is 23.4. The van der Waals surface area contributed by atoms with Crippen molar-refractivity contribution in [2.75, 3.05) is 71.3 Å². The molecule has 158 valence electrons. The van der Waals surface area contributed by atoms with Crippen LogP contribution in [0, 0.1) is 0 Å². The Kier molecular flexibility index (Phi) is 9.49. The van der Waals surface area contributed by atoms with Gasteiger partial charge < -0.3 is 24.6 Å². The van der Waals surface area contributed by atoms with Crippen molar-refractivity contribution in [2.45, 2.75) is 17.6 Å². The second-order valence-corrected chi connectivity index (χ2v) is 8.35. The summed E-state index contributed by atoms with van der Waals surface area (Å²) in [5.74, 6) is 1.92. The molecule has 1 N–H and O–H groups in total. The zero-order chi connectivity index (χ0) is 19.1. The molecule has 2 heterocycles. The molecule has 28 heavy (non-hydrogen) atoms. The Hall–Kier alpha value is -0.870. The number of hydrogen-bond acceptors (Lipinski definition) is 5. The zero-order valence-corrected chi connectivity index (χ0v) is 20.3. The summed E-state index contributed by atoms with van der Waals surface area (Å²) in [6.45, 7) is 6.61. The number of methoxy groups -OCH3 is 1. The standard InChI is InChI=1S/C20H32N4O2S.HI/c1-21-19(22-16-20(27-3)8-14-26-15-9-20)24-12-10-23(11-13-24)17-4-6-18(25-2)7-5-17;/h4-7H,8-16H2,1-3H3,(H,21,22);1H. The lowest BCUT2D eigenvalue weighted by atomic mass is 9.99. The molecule has 0 spiro atoms. The highest BCUT2D eigenvalue weighted by molar-refractivity contribution is 14.0. The van der Waals surface area contributed by atoms with Crippen LogP contribution in [-0.2, 0) is 4.74 Å². The summed E-state index contributed by atoms with van der Waals surface area (Å²) in [7, 11) is 3.59. The molecule has 8 heteroatoms. The van der Waals surface area contributed by atoms with Crippen LogP contribution in [0.15, 0.2) is 29.3 Å². The second-order valence-electron chi connectivity index (χ2n) is 7.07. The normalized spacial score (nSPS) is 19.8. The quantitative estimate of drug-likeness (QED) is 0.366. The number of rotatable bonds is 5. The van der Waals surface area contributed by atoms with Gasteiger partial charge in [-0.2, -0.15) is 11.8 Å². The molecule has 0 bridgehead atoms. The van der Waals surface area contributed by atoms with Crippen molar-refractivity contribution in [1.29, 1.82) is 0 Å². The number of nitrogens with one attached hydrogen (secondary N) is 1. The number of anilines is 1. The van der Waals surface area contributed by atoms with Crippen molar-refractivity contribution < 1.29 is 9.47 Å². The molecule has 0 amide bonds. The van der Waals surface area contributed by atoms with Gasteiger partial charge in [0.25, 0.3) is 0 Å². The van der Waals surface area contributed by atoms with Gasteiger partial charge in [-0.25, -0.2) is 0 Å². The van der Waals surface area contributed by atoms with E-state index in [0.29, 0.717) is 0 Å². The minimum atomic E-state index is 0. The topological polar surface area (TPSA) is 49.3 Å². The van der Waals surface area contributed by atoms with Gasteiger partial charge in [-0.05, 0) is 43.4 Å². The Morgan fingerprint density at radius 1 is 1.18 bits per heavy atom. The molecule has 2 saturated heterocycles. The average Bonchev–Trinajstić information content (AvgIpc) is 2.75. The van der Waals surface area contributed by atoms with Crippen LogP contribution >= 0.6 is 35.7 Å². The molecular weight excluding hydrogens is 487 g/mol. The van der Waals surface area contributed by atoms with Gasteiger partial charge in [0.15, 0.2) is 5.96 Å². The number of halogens is 1. The van der Waals surface area contributed by atoms with Gasteiger partial charge in [-0.15, -0.1) is 24.0 Å². The third-order valence-electron chi connectivity index (χ3n) is 5.63. The largest absolute Gasteiger partial charge is 0.497 e. The highest BCUT2D eigenvalue weighted by Gasteiger charge is 2.32. The molecule has 2 fully saturated rings. The first-order valence-electron chi connectivity index (χ1n) is 9.67. The van der Waals surface area contributed by atoms with Crippen LogP contribution in [-0.4, -0.2) is 82.0 Å². The van der Waals surface area contributed by atoms with Crippen LogP contribution in [0.3, 0.4) is 0 Å². The van der Waals surface area contributed by atoms with E-state index in [9.17, 15) is 0 Å². The van der Waals surface area contributed by atoms with Crippen LogP contribution in [0.25, 0.3) is 0 Å². The van der Waals surface area contributed by atoms with Crippen LogP contribution < -0.4 is 15.0 Å². The summed E-state index contributed by atoms with van der Waals surface area (Å²) in [6, 6.07) is 8.32. The molecule has 1 aromatic carbocycles. The molecule has 0 unspecified atom stereocenters. The Labute approximate surface area is 190 Å². The van der Waals surface area contributed by atoms with Gasteiger partial charge in [-0.1, -0.05) is 0 Å². The highest BCUT2D eigenvalue weighted by atomic mass is 127. The third kappa shape index (κ3) is 5.82. The van der Waals surface area contributed by atoms with Crippen LogP contribution in [0.5, 0.6) is 5.75 Å². The summed E-state index contributed by atoms with van der Waals surface area (Å²) in [6.07, 6.45) is 4.41. The van der Waals surface area contributed by atoms with E-state index in [2.05, 4.69) is 38.5 Å². The summed E-state index contributed by atoms with van der Waals surface area (Å²) in [4.78, 5) is 9.33. The second kappa shape index (κ2) is 11.3. The van der Waals surface area contributed by atoms with Crippen molar-refractivity contribution in [3.05, 3.63) is 24.3 Å². The molecule has 0 aromatic heterocycles. The fourth-order valence-electron chi connectivity index (χ4n) is 3.74. The summed E-state index contributed by atoms with van der Waals surface area (Å²) >= 11 is 1.96. The lowest BCUT2D eigenvalue weighted by Crippen LogP contribution is -2.55. The summed E-state index contributed by atoms with van der Waals surface area (Å²) in [5, 5.41) is 3.63. The van der Waals surface area contributed by atoms with Gasteiger partial charge in [0.05, 0.1) is 7.11 Å². The van der Waals surface area contributed by atoms with E-state index in [1.807, 2.05) is 30.9 Å². The van der Waals surface area contributed by atoms with Crippen LogP contribution in [0.2, 0.25) is 0 Å². The number of piperazine rings is 1. The lowest BCUT2D eigenvalue weighted by molar-refractivity contribution is 0.0781. The summed E-state index contributed by atoms with van der Waals surface area (Å²) < 4.78 is 11.1. The van der Waals surface area contributed by atoms with E-state index in [1.54, 1.807) is 7.11 Å². The van der Waals surface area contributed by atoms with E-state index in [-0.39, 0.29) is 28.7 Å². The highest BCUT2D eigenvalue weighted by Crippen LogP contribution is 2.33. The van der Waals surface area contributed by atoms with Gasteiger partial charge >= 0.3 is 0 Å². The predicted molar refractivity (Wildman–Crippen MR) is 130 cm³/mol. The van der Waals surface area contributed by atoms with Crippen LogP contribution in [0.1, 0.15) is 12.8 Å². The molecule has 0 atom stereocenters. The van der Waals surface area contributed by atoms with Crippen molar-refractivity contribution in [1.82, 2.24) is 10.2 Å². The number of ether oxygens (including phenoxy) is 2. The zero-order valence-electron chi connectivity index (χ0n) is 17.1. The summed E-state index contributed by atoms with van der Waals surface area (Å²) in [5.41, 5.74) is 1.25. The Morgan fingerprint density at radius 2 is 1.82 bits per heavy atom. The Bertz CT molecular complexity index is 615. The van der Waals surface area contributed by atoms with E-state index in [0.717, 1.165) is 70.5 Å². The van der Waals surface area contributed by atoms with Crippen molar-refractivity contribution >= 4 is 47.4 Å². The van der Waals surface area contributed by atoms with Gasteiger partial charge in [0, 0.05) is 63.4 Å². The van der Waals surface area contributed by atoms with E-state index in [4.69, 9.17) is 9.47 Å². The monoisotopic (exact) mass is 520 g/mol. The van der Waals surface area contributed by atoms with Gasteiger partial charge in [-0.3, -0.25) is 4.99 Å². The average molecular weight is 520 g/mol. The molecular formula is C20H33IN4O2S. The first-order valence-corrected chi connectivity index (χ1v) is 10.9. The number of hydrogen-bond donors (Lipinski definition) is 1. The maximum Gasteiger partial charge on any atom is 0.193 e. The fourth-order valence-corrected chi connectivity index (χ4v) is 4.53. The predicted octanol–water partition coefficient (Wildman–Crippen LogP) is 2.92. The number of benzene rings is 1. The van der Waals surface area contributed by atoms with Crippen molar-refractivity contribution in [2.24, 2.45) is 4.99 Å². The maximum absolute atomic E-state index is 5.55. The molecule has 0 saturated carbocycles. The Balaban J connectivity index is 0.00000280. The van der Waals surface area contributed by atoms with E-state index >= 15 is 0 Å². The Morgan fingerprint density at radius 3 is 2.36 bits per heavy atom. The molecule has 6 nitrogen and oxygen atoms in total. The number of aliphatic imine (C=N–C) groups is 1. The third-order valence-corrected chi connectivity index (χ3v) is 7.05. The first-order chi connectivity index (χ1) is 13.2. The molecule has 0 aliphatic carbocycles. The fraction of sp³-hybridized carbons (Fsp3) is 0.650.